The summed E-state index contributed by atoms with van der Waals surface area (Å²) >= 11 is 11.0. The Morgan fingerprint density at radius 2 is 0.889 bits per heavy atom. The van der Waals surface area contributed by atoms with Gasteiger partial charge in [0.25, 0.3) is 0 Å². The van der Waals surface area contributed by atoms with Gasteiger partial charge in [0, 0.05) is 11.4 Å². The molecule has 11 heteroatoms. The van der Waals surface area contributed by atoms with Crippen molar-refractivity contribution in [2.24, 2.45) is 0 Å². The van der Waals surface area contributed by atoms with E-state index in [4.69, 9.17) is 48.1 Å². The summed E-state index contributed by atoms with van der Waals surface area (Å²) in [4.78, 5) is 0. The van der Waals surface area contributed by atoms with Gasteiger partial charge in [-0.05, 0) is 111 Å². The van der Waals surface area contributed by atoms with E-state index in [0.717, 1.165) is 34.2 Å². The van der Waals surface area contributed by atoms with Crippen LogP contribution in [0.25, 0.3) is 0 Å². The zero-order valence-corrected chi connectivity index (χ0v) is 27.0. The number of thiocarbonyl (C=S) groups is 2. The molecule has 4 rings (SSSR count). The van der Waals surface area contributed by atoms with Gasteiger partial charge in [0.2, 0.25) is 0 Å². The first-order valence-corrected chi connectivity index (χ1v) is 15.5. The van der Waals surface area contributed by atoms with Crippen molar-refractivity contribution < 1.29 is 23.7 Å². The van der Waals surface area contributed by atoms with Gasteiger partial charge in [-0.1, -0.05) is 24.3 Å². The van der Waals surface area contributed by atoms with Crippen LogP contribution in [-0.4, -0.2) is 49.9 Å². The number of para-hydroxylation sites is 4. The Bertz CT molecular complexity index is 1390. The Labute approximate surface area is 275 Å². The fourth-order valence-electron chi connectivity index (χ4n) is 4.09. The zero-order valence-electron chi connectivity index (χ0n) is 25.3. The lowest BCUT2D eigenvalue weighted by molar-refractivity contribution is 0.0768. The van der Waals surface area contributed by atoms with Crippen molar-refractivity contribution in [3.63, 3.8) is 0 Å². The minimum atomic E-state index is 0.363. The number of ether oxygens (including phenoxy) is 5. The van der Waals surface area contributed by atoms with E-state index in [1.54, 1.807) is 0 Å². The predicted molar refractivity (Wildman–Crippen MR) is 190 cm³/mol. The Kier molecular flexibility index (Phi) is 13.5. The summed E-state index contributed by atoms with van der Waals surface area (Å²) in [6, 6.07) is 30.4. The molecule has 0 unspecified atom stereocenters. The molecular formula is C34H38N4O5S2. The van der Waals surface area contributed by atoms with E-state index in [9.17, 15) is 0 Å². The number of nitrogens with one attached hydrogen (secondary N) is 4. The van der Waals surface area contributed by atoms with Gasteiger partial charge < -0.3 is 45.0 Å². The highest BCUT2D eigenvalue weighted by molar-refractivity contribution is 7.81. The van der Waals surface area contributed by atoms with Gasteiger partial charge in [-0.2, -0.15) is 0 Å². The number of benzene rings is 4. The molecule has 0 fully saturated rings. The summed E-state index contributed by atoms with van der Waals surface area (Å²) in [5.41, 5.74) is 3.21. The van der Waals surface area contributed by atoms with Gasteiger partial charge in [-0.25, -0.2) is 0 Å². The molecule has 0 bridgehead atoms. The summed E-state index contributed by atoms with van der Waals surface area (Å²) in [6.07, 6.45) is 0. The topological polar surface area (TPSA) is 94.3 Å². The highest BCUT2D eigenvalue weighted by Gasteiger charge is 2.08. The first kappa shape index (κ1) is 33.3. The van der Waals surface area contributed by atoms with Crippen LogP contribution in [0.15, 0.2) is 97.1 Å². The van der Waals surface area contributed by atoms with E-state index in [0.29, 0.717) is 61.4 Å². The Morgan fingerprint density at radius 1 is 0.489 bits per heavy atom. The van der Waals surface area contributed by atoms with Crippen LogP contribution in [-0.2, 0) is 4.74 Å². The standard InChI is InChI=1S/C34H38N4O5S2/c1-3-40-27-17-13-25(14-18-27)35-33(44)37-29-9-5-7-11-31(29)42-23-21-39-22-24-43-32-12-8-6-10-30(32)38-34(45)36-26-15-19-28(20-16-26)41-4-2/h5-20H,3-4,21-24H2,1-2H3,(H2,35,37,44)(H2,36,38,45). The summed E-state index contributed by atoms with van der Waals surface area (Å²) in [5, 5.41) is 13.6. The molecule has 0 heterocycles. The molecule has 236 valence electrons. The van der Waals surface area contributed by atoms with Gasteiger partial charge in [0.1, 0.15) is 36.2 Å². The summed E-state index contributed by atoms with van der Waals surface area (Å²) in [7, 11) is 0. The van der Waals surface area contributed by atoms with E-state index >= 15 is 0 Å². The molecule has 0 atom stereocenters. The molecule has 0 aliphatic heterocycles. The molecule has 0 aliphatic carbocycles. The van der Waals surface area contributed by atoms with Gasteiger partial charge >= 0.3 is 0 Å². The van der Waals surface area contributed by atoms with Crippen molar-refractivity contribution in [3.05, 3.63) is 97.1 Å². The van der Waals surface area contributed by atoms with Gasteiger partial charge in [0.05, 0.1) is 37.8 Å². The van der Waals surface area contributed by atoms with Crippen LogP contribution < -0.4 is 40.2 Å². The van der Waals surface area contributed by atoms with Crippen LogP contribution in [0.2, 0.25) is 0 Å². The summed E-state index contributed by atoms with van der Waals surface area (Å²) < 4.78 is 28.6. The van der Waals surface area contributed by atoms with Crippen molar-refractivity contribution in [2.75, 3.05) is 60.9 Å². The lowest BCUT2D eigenvalue weighted by atomic mass is 10.3. The van der Waals surface area contributed by atoms with Gasteiger partial charge in [-0.3, -0.25) is 0 Å². The molecule has 4 N–H and O–H groups in total. The second kappa shape index (κ2) is 18.3. The monoisotopic (exact) mass is 646 g/mol. The normalized spacial score (nSPS) is 10.4. The van der Waals surface area contributed by atoms with E-state index < -0.39 is 0 Å². The third kappa shape index (κ3) is 11.5. The van der Waals surface area contributed by atoms with Crippen molar-refractivity contribution in [1.29, 1.82) is 0 Å². The van der Waals surface area contributed by atoms with Crippen LogP contribution in [0, 0.1) is 0 Å². The molecule has 0 saturated carbocycles. The van der Waals surface area contributed by atoms with Crippen LogP contribution in [0.3, 0.4) is 0 Å². The second-order valence-corrected chi connectivity index (χ2v) is 10.2. The molecule has 9 nitrogen and oxygen atoms in total. The summed E-state index contributed by atoms with van der Waals surface area (Å²) in [5.74, 6) is 2.96. The molecule has 4 aromatic rings. The molecule has 0 spiro atoms. The van der Waals surface area contributed by atoms with E-state index in [2.05, 4.69) is 21.3 Å². The van der Waals surface area contributed by atoms with Crippen molar-refractivity contribution in [2.45, 2.75) is 13.8 Å². The van der Waals surface area contributed by atoms with Crippen LogP contribution in [0.1, 0.15) is 13.8 Å². The fraction of sp³-hybridized carbons (Fsp3) is 0.235. The Hall–Kier alpha value is -4.58. The molecule has 0 aromatic heterocycles. The maximum atomic E-state index is 5.96. The Balaban J connectivity index is 1.15. The lowest BCUT2D eigenvalue weighted by Gasteiger charge is -2.16. The molecule has 0 radical (unpaired) electrons. The van der Waals surface area contributed by atoms with Crippen LogP contribution >= 0.6 is 24.4 Å². The lowest BCUT2D eigenvalue weighted by Crippen LogP contribution is -2.20. The number of rotatable bonds is 16. The SMILES string of the molecule is CCOc1ccc(NC(=S)Nc2ccccc2OCCOCCOc2ccccc2NC(=S)Nc2ccc(OCC)cc2)cc1. The van der Waals surface area contributed by atoms with Crippen molar-refractivity contribution >= 4 is 57.4 Å². The van der Waals surface area contributed by atoms with Crippen LogP contribution in [0.5, 0.6) is 23.0 Å². The molecule has 0 aliphatic rings. The highest BCUT2D eigenvalue weighted by Crippen LogP contribution is 2.26. The van der Waals surface area contributed by atoms with Crippen LogP contribution in [0.4, 0.5) is 22.7 Å². The quantitative estimate of drug-likeness (QED) is 0.0717. The number of anilines is 4. The first-order valence-electron chi connectivity index (χ1n) is 14.7. The third-order valence-corrected chi connectivity index (χ3v) is 6.50. The molecule has 4 aromatic carbocycles. The van der Waals surface area contributed by atoms with Gasteiger partial charge in [-0.15, -0.1) is 0 Å². The average Bonchev–Trinajstić information content (AvgIpc) is 3.04. The molecule has 0 saturated heterocycles. The van der Waals surface area contributed by atoms with E-state index in [1.165, 1.54) is 0 Å². The minimum absolute atomic E-state index is 0.363. The molecule has 0 amide bonds. The molecule has 45 heavy (non-hydrogen) atoms. The first-order chi connectivity index (χ1) is 22.0. The van der Waals surface area contributed by atoms with E-state index in [1.807, 2.05) is 111 Å². The number of hydrogen-bond acceptors (Lipinski definition) is 7. The molecular weight excluding hydrogens is 609 g/mol. The maximum absolute atomic E-state index is 5.96. The van der Waals surface area contributed by atoms with Crippen molar-refractivity contribution in [3.8, 4) is 23.0 Å². The zero-order chi connectivity index (χ0) is 31.7. The largest absolute Gasteiger partial charge is 0.494 e. The Morgan fingerprint density at radius 3 is 1.29 bits per heavy atom. The second-order valence-electron chi connectivity index (χ2n) is 9.37. The fourth-order valence-corrected chi connectivity index (χ4v) is 4.54. The highest BCUT2D eigenvalue weighted by atomic mass is 32.1. The van der Waals surface area contributed by atoms with E-state index in [-0.39, 0.29) is 0 Å². The van der Waals surface area contributed by atoms with Gasteiger partial charge in [0.15, 0.2) is 10.2 Å². The van der Waals surface area contributed by atoms with Crippen molar-refractivity contribution in [1.82, 2.24) is 0 Å². The number of hydrogen-bond donors (Lipinski definition) is 4. The maximum Gasteiger partial charge on any atom is 0.175 e. The average molecular weight is 647 g/mol. The predicted octanol–water partition coefficient (Wildman–Crippen LogP) is 7.58. The summed E-state index contributed by atoms with van der Waals surface area (Å²) in [6.45, 7) is 6.65. The smallest absolute Gasteiger partial charge is 0.175 e. The minimum Gasteiger partial charge on any atom is -0.494 e. The third-order valence-electron chi connectivity index (χ3n) is 6.09.